The van der Waals surface area contributed by atoms with E-state index in [0.29, 0.717) is 18.8 Å². The van der Waals surface area contributed by atoms with Gasteiger partial charge in [0.2, 0.25) is 5.91 Å². The van der Waals surface area contributed by atoms with Crippen LogP contribution in [0.5, 0.6) is 0 Å². The van der Waals surface area contributed by atoms with Gasteiger partial charge in [-0.3, -0.25) is 14.5 Å². The molecule has 7 heteroatoms. The maximum atomic E-state index is 12.7. The Bertz CT molecular complexity index is 636. The Labute approximate surface area is 145 Å². The van der Waals surface area contributed by atoms with Crippen LogP contribution in [-0.2, 0) is 9.59 Å². The smallest absolute Gasteiger partial charge is 0.325 e. The van der Waals surface area contributed by atoms with Crippen molar-refractivity contribution in [2.75, 3.05) is 6.54 Å². The molecule has 0 radical (unpaired) electrons. The molecule has 2 fully saturated rings. The number of urea groups is 1. The Kier molecular flexibility index (Phi) is 4.62. The summed E-state index contributed by atoms with van der Waals surface area (Å²) >= 11 is 1.56. The molecule has 1 aliphatic carbocycles. The summed E-state index contributed by atoms with van der Waals surface area (Å²) < 4.78 is 0. The SMILES string of the molecule is CC1CCC2(CC1)NC(=O)N(CC(=O)NC(C)c1cccs1)C2=O. The summed E-state index contributed by atoms with van der Waals surface area (Å²) in [5.41, 5.74) is -0.788. The zero-order valence-electron chi connectivity index (χ0n) is 14.0. The van der Waals surface area contributed by atoms with E-state index in [4.69, 9.17) is 0 Å². The highest BCUT2D eigenvalue weighted by Crippen LogP contribution is 2.36. The molecule has 24 heavy (non-hydrogen) atoms. The Morgan fingerprint density at radius 3 is 2.79 bits per heavy atom. The first-order chi connectivity index (χ1) is 11.4. The van der Waals surface area contributed by atoms with Crippen molar-refractivity contribution in [3.05, 3.63) is 22.4 Å². The minimum atomic E-state index is -0.788. The van der Waals surface area contributed by atoms with Crippen molar-refractivity contribution in [3.63, 3.8) is 0 Å². The normalized spacial score (nSPS) is 28.1. The Balaban J connectivity index is 1.61. The zero-order valence-corrected chi connectivity index (χ0v) is 14.8. The van der Waals surface area contributed by atoms with E-state index in [1.54, 1.807) is 11.3 Å². The van der Waals surface area contributed by atoms with Crippen LogP contribution in [0.1, 0.15) is 50.4 Å². The van der Waals surface area contributed by atoms with Crippen LogP contribution in [0.4, 0.5) is 4.79 Å². The van der Waals surface area contributed by atoms with E-state index < -0.39 is 11.6 Å². The van der Waals surface area contributed by atoms with E-state index >= 15 is 0 Å². The van der Waals surface area contributed by atoms with Crippen LogP contribution in [0.15, 0.2) is 17.5 Å². The van der Waals surface area contributed by atoms with Crippen LogP contribution < -0.4 is 10.6 Å². The fraction of sp³-hybridized carbons (Fsp3) is 0.588. The van der Waals surface area contributed by atoms with E-state index in [2.05, 4.69) is 17.6 Å². The second-order valence-corrected chi connectivity index (χ2v) is 7.87. The van der Waals surface area contributed by atoms with E-state index in [1.807, 2.05) is 24.4 Å². The van der Waals surface area contributed by atoms with E-state index in [1.165, 1.54) is 0 Å². The second-order valence-electron chi connectivity index (χ2n) is 6.89. The van der Waals surface area contributed by atoms with Gasteiger partial charge in [-0.2, -0.15) is 0 Å². The van der Waals surface area contributed by atoms with Crippen LogP contribution in [-0.4, -0.2) is 34.8 Å². The molecule has 2 N–H and O–H groups in total. The molecule has 1 aromatic heterocycles. The van der Waals surface area contributed by atoms with Gasteiger partial charge in [0.15, 0.2) is 0 Å². The summed E-state index contributed by atoms with van der Waals surface area (Å²) in [5.74, 6) is 0.00303. The Morgan fingerprint density at radius 2 is 2.17 bits per heavy atom. The third-order valence-electron chi connectivity index (χ3n) is 5.02. The van der Waals surface area contributed by atoms with Crippen molar-refractivity contribution in [2.45, 2.75) is 51.1 Å². The minimum absolute atomic E-state index is 0.136. The van der Waals surface area contributed by atoms with E-state index in [9.17, 15) is 14.4 Å². The summed E-state index contributed by atoms with van der Waals surface area (Å²) in [6.45, 7) is 3.82. The van der Waals surface area contributed by atoms with E-state index in [0.717, 1.165) is 22.6 Å². The molecule has 6 nitrogen and oxygen atoms in total. The quantitative estimate of drug-likeness (QED) is 0.820. The molecule has 130 valence electrons. The minimum Gasteiger partial charge on any atom is -0.347 e. The van der Waals surface area contributed by atoms with Gasteiger partial charge < -0.3 is 10.6 Å². The topological polar surface area (TPSA) is 78.5 Å². The number of nitrogens with one attached hydrogen (secondary N) is 2. The summed E-state index contributed by atoms with van der Waals surface area (Å²) in [6, 6.07) is 3.28. The third-order valence-corrected chi connectivity index (χ3v) is 6.08. The van der Waals surface area contributed by atoms with Gasteiger partial charge in [-0.05, 0) is 50.0 Å². The molecular weight excluding hydrogens is 326 g/mol. The van der Waals surface area contributed by atoms with Crippen molar-refractivity contribution >= 4 is 29.2 Å². The summed E-state index contributed by atoms with van der Waals surface area (Å²) in [5, 5.41) is 7.63. The third kappa shape index (κ3) is 3.17. The monoisotopic (exact) mass is 349 g/mol. The summed E-state index contributed by atoms with van der Waals surface area (Å²) in [6.07, 6.45) is 3.15. The number of rotatable bonds is 4. The van der Waals surface area contributed by atoms with Gasteiger partial charge in [-0.25, -0.2) is 4.79 Å². The molecule has 2 heterocycles. The molecule has 2 aliphatic rings. The molecule has 1 atom stereocenters. The molecule has 1 aromatic rings. The standard InChI is InChI=1S/C17H23N3O3S/c1-11-5-7-17(8-6-11)15(22)20(16(23)19-17)10-14(21)18-12(2)13-4-3-9-24-13/h3-4,9,11-12H,5-8,10H2,1-2H3,(H,18,21)(H,19,23). The van der Waals surface area contributed by atoms with Crippen molar-refractivity contribution < 1.29 is 14.4 Å². The first kappa shape index (κ1) is 17.0. The van der Waals surface area contributed by atoms with Gasteiger partial charge >= 0.3 is 6.03 Å². The molecule has 0 bridgehead atoms. The fourth-order valence-corrected chi connectivity index (χ4v) is 4.19. The molecular formula is C17H23N3O3S. The van der Waals surface area contributed by atoms with Gasteiger partial charge in [0.05, 0.1) is 6.04 Å². The number of hydrogen-bond acceptors (Lipinski definition) is 4. The van der Waals surface area contributed by atoms with Gasteiger partial charge in [0.1, 0.15) is 12.1 Å². The molecule has 3 rings (SSSR count). The number of nitrogens with zero attached hydrogens (tertiary/aromatic N) is 1. The number of imide groups is 1. The van der Waals surface area contributed by atoms with Crippen molar-refractivity contribution in [2.24, 2.45) is 5.92 Å². The molecule has 1 aliphatic heterocycles. The Morgan fingerprint density at radius 1 is 1.46 bits per heavy atom. The van der Waals surface area contributed by atoms with Crippen LogP contribution in [0.25, 0.3) is 0 Å². The van der Waals surface area contributed by atoms with Gasteiger partial charge in [0.25, 0.3) is 5.91 Å². The maximum absolute atomic E-state index is 12.7. The predicted octanol–water partition coefficient (Wildman–Crippen LogP) is 2.43. The largest absolute Gasteiger partial charge is 0.347 e. The first-order valence-electron chi connectivity index (χ1n) is 8.38. The van der Waals surface area contributed by atoms with Crippen molar-refractivity contribution in [1.29, 1.82) is 0 Å². The lowest BCUT2D eigenvalue weighted by molar-refractivity contribution is -0.136. The predicted molar refractivity (Wildman–Crippen MR) is 91.5 cm³/mol. The average molecular weight is 349 g/mol. The Hall–Kier alpha value is -1.89. The number of thiophene rings is 1. The number of amides is 4. The molecule has 4 amide bonds. The van der Waals surface area contributed by atoms with Crippen molar-refractivity contribution in [1.82, 2.24) is 15.5 Å². The highest BCUT2D eigenvalue weighted by molar-refractivity contribution is 7.10. The van der Waals surface area contributed by atoms with Gasteiger partial charge in [-0.15, -0.1) is 11.3 Å². The van der Waals surface area contributed by atoms with Gasteiger partial charge in [0, 0.05) is 4.88 Å². The number of carbonyl (C=O) groups is 3. The zero-order chi connectivity index (χ0) is 17.3. The molecule has 1 spiro atoms. The summed E-state index contributed by atoms with van der Waals surface area (Å²) in [4.78, 5) is 39.3. The van der Waals surface area contributed by atoms with Crippen LogP contribution in [0.2, 0.25) is 0 Å². The fourth-order valence-electron chi connectivity index (χ4n) is 3.45. The van der Waals surface area contributed by atoms with Crippen molar-refractivity contribution in [3.8, 4) is 0 Å². The van der Waals surface area contributed by atoms with Crippen LogP contribution in [0, 0.1) is 5.92 Å². The second kappa shape index (κ2) is 6.55. The van der Waals surface area contributed by atoms with Crippen LogP contribution in [0.3, 0.4) is 0 Å². The first-order valence-corrected chi connectivity index (χ1v) is 9.26. The molecule has 1 saturated heterocycles. The lowest BCUT2D eigenvalue weighted by atomic mass is 9.77. The average Bonchev–Trinajstić information content (AvgIpc) is 3.15. The van der Waals surface area contributed by atoms with Crippen LogP contribution >= 0.6 is 11.3 Å². The molecule has 1 saturated carbocycles. The maximum Gasteiger partial charge on any atom is 0.325 e. The highest BCUT2D eigenvalue weighted by Gasteiger charge is 2.52. The summed E-state index contributed by atoms with van der Waals surface area (Å²) in [7, 11) is 0. The number of carbonyl (C=O) groups excluding carboxylic acids is 3. The molecule has 0 aromatic carbocycles. The van der Waals surface area contributed by atoms with Gasteiger partial charge in [-0.1, -0.05) is 13.0 Å². The lowest BCUT2D eigenvalue weighted by Gasteiger charge is -2.33. The number of hydrogen-bond donors (Lipinski definition) is 2. The highest BCUT2D eigenvalue weighted by atomic mass is 32.1. The molecule has 1 unspecified atom stereocenters. The lowest BCUT2D eigenvalue weighted by Crippen LogP contribution is -2.50. The van der Waals surface area contributed by atoms with E-state index in [-0.39, 0.29) is 24.4 Å².